The third-order valence-electron chi connectivity index (χ3n) is 2.32. The first kappa shape index (κ1) is 10.5. The van der Waals surface area contributed by atoms with Gasteiger partial charge >= 0.3 is 0 Å². The van der Waals surface area contributed by atoms with Crippen LogP contribution in [-0.2, 0) is 4.79 Å². The van der Waals surface area contributed by atoms with Crippen LogP contribution in [0, 0.1) is 0 Å². The van der Waals surface area contributed by atoms with Gasteiger partial charge in [-0.2, -0.15) is 0 Å². The van der Waals surface area contributed by atoms with E-state index in [1.165, 1.54) is 0 Å². The standard InChI is InChI=1S/C10H13N3OS/c11-4-7(12)6-1-2-9-8(3-6)13-10(14)5-15-9/h1-3,7H,4-5,11-12H2,(H,13,14). The number of amides is 1. The molecule has 0 saturated carbocycles. The van der Waals surface area contributed by atoms with Crippen molar-refractivity contribution in [2.24, 2.45) is 11.5 Å². The summed E-state index contributed by atoms with van der Waals surface area (Å²) in [5.41, 5.74) is 13.1. The van der Waals surface area contributed by atoms with E-state index in [1.807, 2.05) is 18.2 Å². The van der Waals surface area contributed by atoms with Gasteiger partial charge in [-0.05, 0) is 17.7 Å². The van der Waals surface area contributed by atoms with E-state index in [-0.39, 0.29) is 11.9 Å². The van der Waals surface area contributed by atoms with Crippen molar-refractivity contribution >= 4 is 23.4 Å². The molecule has 1 heterocycles. The second kappa shape index (κ2) is 4.22. The molecule has 1 amide bonds. The van der Waals surface area contributed by atoms with Gasteiger partial charge in [-0.3, -0.25) is 4.79 Å². The van der Waals surface area contributed by atoms with Crippen LogP contribution in [0.3, 0.4) is 0 Å². The van der Waals surface area contributed by atoms with E-state index in [1.54, 1.807) is 11.8 Å². The molecule has 0 fully saturated rings. The Hall–Kier alpha value is -1.04. The van der Waals surface area contributed by atoms with E-state index in [2.05, 4.69) is 5.32 Å². The Kier molecular flexibility index (Phi) is 2.95. The highest BCUT2D eigenvalue weighted by atomic mass is 32.2. The molecule has 0 spiro atoms. The molecule has 80 valence electrons. The SMILES string of the molecule is NCC(N)c1ccc2c(c1)NC(=O)CS2. The highest BCUT2D eigenvalue weighted by Gasteiger charge is 2.16. The van der Waals surface area contributed by atoms with Crippen molar-refractivity contribution in [3.8, 4) is 0 Å². The van der Waals surface area contributed by atoms with E-state index < -0.39 is 0 Å². The summed E-state index contributed by atoms with van der Waals surface area (Å²) in [7, 11) is 0. The van der Waals surface area contributed by atoms with Gasteiger partial charge < -0.3 is 16.8 Å². The van der Waals surface area contributed by atoms with Gasteiger partial charge in [-0.1, -0.05) is 6.07 Å². The Labute approximate surface area is 92.4 Å². The smallest absolute Gasteiger partial charge is 0.234 e. The van der Waals surface area contributed by atoms with Gasteiger partial charge in [0.15, 0.2) is 0 Å². The maximum atomic E-state index is 11.2. The van der Waals surface area contributed by atoms with Crippen LogP contribution in [0.1, 0.15) is 11.6 Å². The second-order valence-electron chi connectivity index (χ2n) is 3.43. The Balaban J connectivity index is 2.32. The first-order valence-electron chi connectivity index (χ1n) is 4.73. The zero-order valence-corrected chi connectivity index (χ0v) is 9.01. The number of fused-ring (bicyclic) bond motifs is 1. The van der Waals surface area contributed by atoms with Crippen molar-refractivity contribution < 1.29 is 4.79 Å². The van der Waals surface area contributed by atoms with Gasteiger partial charge in [-0.25, -0.2) is 0 Å². The second-order valence-corrected chi connectivity index (χ2v) is 4.45. The monoisotopic (exact) mass is 223 g/mol. The molecule has 0 aromatic heterocycles. The number of thioether (sulfide) groups is 1. The van der Waals surface area contributed by atoms with Crippen LogP contribution < -0.4 is 16.8 Å². The third kappa shape index (κ3) is 2.14. The molecule has 15 heavy (non-hydrogen) atoms. The van der Waals surface area contributed by atoms with Gasteiger partial charge in [0.1, 0.15) is 0 Å². The lowest BCUT2D eigenvalue weighted by Crippen LogP contribution is -2.22. The van der Waals surface area contributed by atoms with Crippen molar-refractivity contribution in [3.05, 3.63) is 23.8 Å². The Morgan fingerprint density at radius 3 is 3.07 bits per heavy atom. The molecule has 1 atom stereocenters. The summed E-state index contributed by atoms with van der Waals surface area (Å²) < 4.78 is 0. The lowest BCUT2D eigenvalue weighted by atomic mass is 10.1. The van der Waals surface area contributed by atoms with Crippen LogP contribution in [0.25, 0.3) is 0 Å². The number of anilines is 1. The molecule has 1 aromatic carbocycles. The fourth-order valence-electron chi connectivity index (χ4n) is 1.47. The predicted molar refractivity (Wildman–Crippen MR) is 61.8 cm³/mol. The summed E-state index contributed by atoms with van der Waals surface area (Å²) in [4.78, 5) is 12.3. The molecule has 4 nitrogen and oxygen atoms in total. The summed E-state index contributed by atoms with van der Waals surface area (Å²) in [5, 5.41) is 2.82. The molecule has 0 saturated heterocycles. The van der Waals surface area contributed by atoms with E-state index in [0.29, 0.717) is 12.3 Å². The Morgan fingerprint density at radius 1 is 1.53 bits per heavy atom. The lowest BCUT2D eigenvalue weighted by molar-refractivity contribution is -0.113. The Morgan fingerprint density at radius 2 is 2.33 bits per heavy atom. The van der Waals surface area contributed by atoms with Gasteiger partial charge in [0.25, 0.3) is 0 Å². The number of benzene rings is 1. The quantitative estimate of drug-likeness (QED) is 0.689. The van der Waals surface area contributed by atoms with Gasteiger partial charge in [0.05, 0.1) is 11.4 Å². The number of carbonyl (C=O) groups is 1. The van der Waals surface area contributed by atoms with E-state index in [4.69, 9.17) is 11.5 Å². The van der Waals surface area contributed by atoms with Gasteiger partial charge in [-0.15, -0.1) is 11.8 Å². The number of nitrogens with two attached hydrogens (primary N) is 2. The average Bonchev–Trinajstić information content (AvgIpc) is 2.27. The lowest BCUT2D eigenvalue weighted by Gasteiger charge is -2.18. The van der Waals surface area contributed by atoms with Crippen molar-refractivity contribution in [2.45, 2.75) is 10.9 Å². The maximum absolute atomic E-state index is 11.2. The fraction of sp³-hybridized carbons (Fsp3) is 0.300. The van der Waals surface area contributed by atoms with Gasteiger partial charge in [0.2, 0.25) is 5.91 Å². The number of carbonyl (C=O) groups excluding carboxylic acids is 1. The minimum absolute atomic E-state index is 0.0333. The van der Waals surface area contributed by atoms with E-state index >= 15 is 0 Å². The summed E-state index contributed by atoms with van der Waals surface area (Å²) in [6.07, 6.45) is 0. The molecular formula is C10H13N3OS. The molecule has 5 heteroatoms. The van der Waals surface area contributed by atoms with Crippen molar-refractivity contribution in [1.29, 1.82) is 0 Å². The average molecular weight is 223 g/mol. The summed E-state index contributed by atoms with van der Waals surface area (Å²) >= 11 is 1.54. The van der Waals surface area contributed by atoms with Crippen LogP contribution in [0.5, 0.6) is 0 Å². The zero-order chi connectivity index (χ0) is 10.8. The normalized spacial score (nSPS) is 16.8. The first-order valence-corrected chi connectivity index (χ1v) is 5.71. The first-order chi connectivity index (χ1) is 7.20. The zero-order valence-electron chi connectivity index (χ0n) is 8.19. The number of nitrogens with one attached hydrogen (secondary N) is 1. The number of hydrogen-bond donors (Lipinski definition) is 3. The van der Waals surface area contributed by atoms with Crippen molar-refractivity contribution in [3.63, 3.8) is 0 Å². The fourth-order valence-corrected chi connectivity index (χ4v) is 2.26. The van der Waals surface area contributed by atoms with E-state index in [0.717, 1.165) is 16.1 Å². The molecule has 0 aliphatic carbocycles. The molecule has 1 unspecified atom stereocenters. The van der Waals surface area contributed by atoms with Crippen LogP contribution in [0.4, 0.5) is 5.69 Å². The minimum Gasteiger partial charge on any atom is -0.329 e. The third-order valence-corrected chi connectivity index (χ3v) is 3.39. The van der Waals surface area contributed by atoms with Crippen molar-refractivity contribution in [1.82, 2.24) is 0 Å². The molecule has 5 N–H and O–H groups in total. The van der Waals surface area contributed by atoms with Crippen LogP contribution in [0.2, 0.25) is 0 Å². The highest BCUT2D eigenvalue weighted by molar-refractivity contribution is 8.00. The largest absolute Gasteiger partial charge is 0.329 e. The molecule has 1 aliphatic heterocycles. The predicted octanol–water partition coefficient (Wildman–Crippen LogP) is 0.689. The summed E-state index contributed by atoms with van der Waals surface area (Å²) in [6.45, 7) is 0.403. The molecule has 0 bridgehead atoms. The number of hydrogen-bond acceptors (Lipinski definition) is 4. The van der Waals surface area contributed by atoms with Crippen LogP contribution in [0.15, 0.2) is 23.1 Å². The molecule has 2 rings (SSSR count). The minimum atomic E-state index is -0.167. The number of rotatable bonds is 2. The molecule has 0 radical (unpaired) electrons. The van der Waals surface area contributed by atoms with Crippen LogP contribution in [-0.4, -0.2) is 18.2 Å². The topological polar surface area (TPSA) is 81.1 Å². The maximum Gasteiger partial charge on any atom is 0.234 e. The highest BCUT2D eigenvalue weighted by Crippen LogP contribution is 2.32. The molecule has 1 aliphatic rings. The molecular weight excluding hydrogens is 210 g/mol. The molecule has 1 aromatic rings. The Bertz CT molecular complexity index is 394. The van der Waals surface area contributed by atoms with Gasteiger partial charge in [0, 0.05) is 17.5 Å². The van der Waals surface area contributed by atoms with Crippen LogP contribution >= 0.6 is 11.8 Å². The summed E-state index contributed by atoms with van der Waals surface area (Å²) in [6, 6.07) is 5.67. The van der Waals surface area contributed by atoms with E-state index in [9.17, 15) is 4.79 Å². The summed E-state index contributed by atoms with van der Waals surface area (Å²) in [5.74, 6) is 0.515. The van der Waals surface area contributed by atoms with Crippen molar-refractivity contribution in [2.75, 3.05) is 17.6 Å².